The van der Waals surface area contributed by atoms with Crippen LogP contribution in [0.3, 0.4) is 0 Å². The molecular formula is C19H19ClN6O2. The van der Waals surface area contributed by atoms with Crippen LogP contribution in [-0.4, -0.2) is 29.7 Å². The molecule has 0 aliphatic carbocycles. The quantitative estimate of drug-likeness (QED) is 0.356. The number of rotatable bonds is 7. The lowest BCUT2D eigenvalue weighted by Gasteiger charge is -2.13. The summed E-state index contributed by atoms with van der Waals surface area (Å²) in [5.74, 6) is 1.05. The number of anilines is 4. The van der Waals surface area contributed by atoms with Gasteiger partial charge in [0.25, 0.3) is 5.91 Å². The maximum absolute atomic E-state index is 12.1. The highest BCUT2D eigenvalue weighted by Gasteiger charge is 2.10. The van der Waals surface area contributed by atoms with E-state index in [4.69, 9.17) is 22.1 Å². The fourth-order valence-corrected chi connectivity index (χ4v) is 2.55. The SMILES string of the molecule is COc1ccc(N)cc1Nc1ncc(Cl)c(NCNC(=O)c2ccccc2)n1. The van der Waals surface area contributed by atoms with Crippen molar-refractivity contribution in [2.24, 2.45) is 0 Å². The van der Waals surface area contributed by atoms with Gasteiger partial charge in [-0.2, -0.15) is 4.98 Å². The number of ether oxygens (including phenoxy) is 1. The third-order valence-corrected chi connectivity index (χ3v) is 4.03. The molecule has 1 amide bonds. The Hall–Kier alpha value is -3.52. The average molecular weight is 399 g/mol. The lowest BCUT2D eigenvalue weighted by atomic mass is 10.2. The monoisotopic (exact) mass is 398 g/mol. The van der Waals surface area contributed by atoms with Gasteiger partial charge in [-0.25, -0.2) is 4.98 Å². The average Bonchev–Trinajstić information content (AvgIpc) is 2.71. The summed E-state index contributed by atoms with van der Waals surface area (Å²) in [5, 5.41) is 9.07. The first kappa shape index (κ1) is 19.2. The van der Waals surface area contributed by atoms with E-state index < -0.39 is 0 Å². The first-order valence-corrected chi connectivity index (χ1v) is 8.75. The Morgan fingerprint density at radius 3 is 2.75 bits per heavy atom. The molecule has 0 saturated carbocycles. The van der Waals surface area contributed by atoms with Crippen LogP contribution in [0.5, 0.6) is 5.75 Å². The van der Waals surface area contributed by atoms with Crippen LogP contribution in [-0.2, 0) is 0 Å². The highest BCUT2D eigenvalue weighted by molar-refractivity contribution is 6.32. The van der Waals surface area contributed by atoms with Crippen LogP contribution in [0, 0.1) is 0 Å². The van der Waals surface area contributed by atoms with Crippen molar-refractivity contribution in [1.82, 2.24) is 15.3 Å². The first-order chi connectivity index (χ1) is 13.6. The topological polar surface area (TPSA) is 114 Å². The number of hydrogen-bond donors (Lipinski definition) is 4. The molecule has 0 saturated heterocycles. The smallest absolute Gasteiger partial charge is 0.252 e. The van der Waals surface area contributed by atoms with E-state index in [1.165, 1.54) is 6.20 Å². The van der Waals surface area contributed by atoms with Crippen LogP contribution >= 0.6 is 11.6 Å². The minimum Gasteiger partial charge on any atom is -0.495 e. The summed E-state index contributed by atoms with van der Waals surface area (Å²) in [5.41, 5.74) is 7.57. The summed E-state index contributed by atoms with van der Waals surface area (Å²) in [7, 11) is 1.56. The Balaban J connectivity index is 1.67. The van der Waals surface area contributed by atoms with Crippen LogP contribution in [0.1, 0.15) is 10.4 Å². The van der Waals surface area contributed by atoms with Gasteiger partial charge < -0.3 is 26.4 Å². The first-order valence-electron chi connectivity index (χ1n) is 8.37. The van der Waals surface area contributed by atoms with Gasteiger partial charge in [-0.05, 0) is 30.3 Å². The second-order valence-electron chi connectivity index (χ2n) is 5.70. The normalized spacial score (nSPS) is 10.2. The minimum atomic E-state index is -0.207. The maximum Gasteiger partial charge on any atom is 0.252 e. The number of amides is 1. The van der Waals surface area contributed by atoms with Crippen LogP contribution < -0.4 is 26.4 Å². The van der Waals surface area contributed by atoms with Gasteiger partial charge in [0.1, 0.15) is 10.8 Å². The van der Waals surface area contributed by atoms with E-state index in [1.54, 1.807) is 49.6 Å². The van der Waals surface area contributed by atoms with Crippen molar-refractivity contribution < 1.29 is 9.53 Å². The predicted octanol–water partition coefficient (Wildman–Crippen LogP) is 3.26. The number of benzene rings is 2. The molecule has 144 valence electrons. The molecule has 9 heteroatoms. The number of nitrogens with zero attached hydrogens (tertiary/aromatic N) is 2. The summed E-state index contributed by atoms with van der Waals surface area (Å²) in [6, 6.07) is 14.1. The van der Waals surface area contributed by atoms with Crippen molar-refractivity contribution in [2.75, 3.05) is 30.1 Å². The van der Waals surface area contributed by atoms with Gasteiger partial charge in [-0.1, -0.05) is 29.8 Å². The molecule has 8 nitrogen and oxygen atoms in total. The van der Waals surface area contributed by atoms with Crippen molar-refractivity contribution in [1.29, 1.82) is 0 Å². The van der Waals surface area contributed by atoms with E-state index in [0.717, 1.165) is 0 Å². The summed E-state index contributed by atoms with van der Waals surface area (Å²) in [6.07, 6.45) is 1.46. The van der Waals surface area contributed by atoms with Crippen LogP contribution in [0.2, 0.25) is 5.02 Å². The van der Waals surface area contributed by atoms with Gasteiger partial charge in [0, 0.05) is 11.3 Å². The van der Waals surface area contributed by atoms with Gasteiger partial charge in [0.05, 0.1) is 25.7 Å². The summed E-state index contributed by atoms with van der Waals surface area (Å²) < 4.78 is 5.30. The third-order valence-electron chi connectivity index (χ3n) is 3.75. The Morgan fingerprint density at radius 2 is 2.00 bits per heavy atom. The number of nitrogens with two attached hydrogens (primary N) is 1. The number of aromatic nitrogens is 2. The molecule has 1 heterocycles. The van der Waals surface area contributed by atoms with E-state index in [1.807, 2.05) is 6.07 Å². The summed E-state index contributed by atoms with van der Waals surface area (Å²) in [6.45, 7) is 0.144. The fraction of sp³-hybridized carbons (Fsp3) is 0.105. The number of nitrogens with one attached hydrogen (secondary N) is 3. The molecule has 0 radical (unpaired) electrons. The largest absolute Gasteiger partial charge is 0.495 e. The van der Waals surface area contributed by atoms with Crippen molar-refractivity contribution >= 4 is 40.6 Å². The number of carbonyl (C=O) groups is 1. The molecular weight excluding hydrogens is 380 g/mol. The minimum absolute atomic E-state index is 0.144. The second kappa shape index (κ2) is 8.92. The Morgan fingerprint density at radius 1 is 1.21 bits per heavy atom. The molecule has 0 atom stereocenters. The van der Waals surface area contributed by atoms with Crippen LogP contribution in [0.15, 0.2) is 54.7 Å². The van der Waals surface area contributed by atoms with E-state index in [9.17, 15) is 4.79 Å². The van der Waals surface area contributed by atoms with Gasteiger partial charge in [0.2, 0.25) is 5.95 Å². The molecule has 0 fully saturated rings. The van der Waals surface area contributed by atoms with Gasteiger partial charge >= 0.3 is 0 Å². The second-order valence-corrected chi connectivity index (χ2v) is 6.11. The van der Waals surface area contributed by atoms with Crippen molar-refractivity contribution in [3.63, 3.8) is 0 Å². The molecule has 3 rings (SSSR count). The number of methoxy groups -OCH3 is 1. The van der Waals surface area contributed by atoms with E-state index in [0.29, 0.717) is 39.5 Å². The molecule has 0 bridgehead atoms. The molecule has 28 heavy (non-hydrogen) atoms. The molecule has 1 aromatic heterocycles. The maximum atomic E-state index is 12.1. The van der Waals surface area contributed by atoms with Crippen molar-refractivity contribution in [3.8, 4) is 5.75 Å². The lowest BCUT2D eigenvalue weighted by molar-refractivity contribution is 0.0956. The number of nitrogen functional groups attached to an aromatic ring is 1. The van der Waals surface area contributed by atoms with Crippen molar-refractivity contribution in [3.05, 3.63) is 65.3 Å². The van der Waals surface area contributed by atoms with E-state index in [-0.39, 0.29) is 12.6 Å². The van der Waals surface area contributed by atoms with E-state index >= 15 is 0 Å². The molecule has 2 aromatic carbocycles. The van der Waals surface area contributed by atoms with Crippen LogP contribution in [0.4, 0.5) is 23.1 Å². The Kier molecular flexibility index (Phi) is 6.13. The Bertz CT molecular complexity index is 968. The highest BCUT2D eigenvalue weighted by Crippen LogP contribution is 2.29. The molecule has 0 unspecified atom stereocenters. The molecule has 0 aliphatic heterocycles. The fourth-order valence-electron chi connectivity index (χ4n) is 2.39. The molecule has 5 N–H and O–H groups in total. The number of carbonyl (C=O) groups excluding carboxylic acids is 1. The van der Waals surface area contributed by atoms with Gasteiger partial charge in [-0.15, -0.1) is 0 Å². The Labute approximate surface area is 167 Å². The number of hydrogen-bond acceptors (Lipinski definition) is 7. The zero-order chi connectivity index (χ0) is 19.9. The van der Waals surface area contributed by atoms with Gasteiger partial charge in [0.15, 0.2) is 5.82 Å². The zero-order valence-electron chi connectivity index (χ0n) is 15.1. The predicted molar refractivity (Wildman–Crippen MR) is 110 cm³/mol. The lowest BCUT2D eigenvalue weighted by Crippen LogP contribution is -2.29. The summed E-state index contributed by atoms with van der Waals surface area (Å²) >= 11 is 6.14. The van der Waals surface area contributed by atoms with Crippen LogP contribution in [0.25, 0.3) is 0 Å². The van der Waals surface area contributed by atoms with Gasteiger partial charge in [-0.3, -0.25) is 4.79 Å². The van der Waals surface area contributed by atoms with Crippen molar-refractivity contribution in [2.45, 2.75) is 0 Å². The third kappa shape index (κ3) is 4.80. The zero-order valence-corrected chi connectivity index (χ0v) is 15.8. The highest BCUT2D eigenvalue weighted by atomic mass is 35.5. The molecule has 3 aromatic rings. The molecule has 0 aliphatic rings. The summed E-state index contributed by atoms with van der Waals surface area (Å²) in [4.78, 5) is 20.6. The van der Waals surface area contributed by atoms with E-state index in [2.05, 4.69) is 25.9 Å². The number of halogens is 1. The molecule has 0 spiro atoms. The standard InChI is InChI=1S/C19H19ClN6O2/c1-28-16-8-7-13(21)9-15(16)25-19-22-10-14(20)17(26-19)23-11-24-18(27)12-5-3-2-4-6-12/h2-10H,11,21H2,1H3,(H,24,27)(H2,22,23,25,26).